The Labute approximate surface area is 175 Å². The summed E-state index contributed by atoms with van der Waals surface area (Å²) < 4.78 is 0. The van der Waals surface area contributed by atoms with Gasteiger partial charge < -0.3 is 5.32 Å². The van der Waals surface area contributed by atoms with Crippen molar-refractivity contribution in [2.45, 2.75) is 17.6 Å². The molecule has 0 saturated carbocycles. The third kappa shape index (κ3) is 4.49. The van der Waals surface area contributed by atoms with Gasteiger partial charge in [0, 0.05) is 32.7 Å². The maximum Gasteiger partial charge on any atom is 0.256 e. The first-order valence-electron chi connectivity index (χ1n) is 8.62. The van der Waals surface area contributed by atoms with Crippen LogP contribution >= 0.6 is 34.4 Å². The molecule has 4 nitrogen and oxygen atoms in total. The molecule has 4 rings (SSSR count). The number of carbonyl (C=O) groups is 1. The molecule has 1 amide bonds. The standard InChI is InChI=1S/C21H17N3OS3/c1-14-23-19(12-27-14)15-5-4-6-16(9-15)24-21(25)18-7-2-3-8-20(18)28-11-17-10-26-13-22-17/h2-10,12-13H,11H2,1H3,(H,24,25). The Hall–Kier alpha value is -2.48. The number of thioether (sulfide) groups is 1. The summed E-state index contributed by atoms with van der Waals surface area (Å²) >= 11 is 4.82. The molecular weight excluding hydrogens is 406 g/mol. The lowest BCUT2D eigenvalue weighted by Crippen LogP contribution is -2.13. The molecule has 0 spiro atoms. The highest BCUT2D eigenvalue weighted by molar-refractivity contribution is 7.98. The lowest BCUT2D eigenvalue weighted by atomic mass is 10.1. The molecule has 0 unspecified atom stereocenters. The minimum Gasteiger partial charge on any atom is -0.322 e. The highest BCUT2D eigenvalue weighted by Crippen LogP contribution is 2.28. The third-order valence-electron chi connectivity index (χ3n) is 4.03. The second-order valence-electron chi connectivity index (χ2n) is 6.05. The van der Waals surface area contributed by atoms with Crippen molar-refractivity contribution < 1.29 is 4.79 Å². The van der Waals surface area contributed by atoms with Crippen LogP contribution in [0.2, 0.25) is 0 Å². The van der Waals surface area contributed by atoms with Crippen LogP contribution in [0.4, 0.5) is 5.69 Å². The summed E-state index contributed by atoms with van der Waals surface area (Å²) in [6, 6.07) is 15.4. The molecule has 2 heterocycles. The fraction of sp³-hybridized carbons (Fsp3) is 0.0952. The number of rotatable bonds is 6. The summed E-state index contributed by atoms with van der Waals surface area (Å²) in [5.74, 6) is 0.625. The predicted molar refractivity (Wildman–Crippen MR) is 118 cm³/mol. The Bertz CT molecular complexity index is 1090. The van der Waals surface area contributed by atoms with Crippen LogP contribution in [0.25, 0.3) is 11.3 Å². The number of aromatic nitrogens is 2. The van der Waals surface area contributed by atoms with Crippen molar-refractivity contribution in [1.82, 2.24) is 9.97 Å². The number of benzene rings is 2. The van der Waals surface area contributed by atoms with Crippen molar-refractivity contribution in [3.63, 3.8) is 0 Å². The van der Waals surface area contributed by atoms with Crippen molar-refractivity contribution in [2.75, 3.05) is 5.32 Å². The summed E-state index contributed by atoms with van der Waals surface area (Å²) in [7, 11) is 0. The van der Waals surface area contributed by atoms with Crippen LogP contribution in [0.3, 0.4) is 0 Å². The molecule has 140 valence electrons. The molecule has 0 radical (unpaired) electrons. The zero-order chi connectivity index (χ0) is 19.3. The highest BCUT2D eigenvalue weighted by atomic mass is 32.2. The average molecular weight is 424 g/mol. The Balaban J connectivity index is 1.51. The minimum absolute atomic E-state index is 0.118. The summed E-state index contributed by atoms with van der Waals surface area (Å²) in [6.45, 7) is 1.99. The van der Waals surface area contributed by atoms with Gasteiger partial charge in [-0.3, -0.25) is 4.79 Å². The molecule has 2 aromatic heterocycles. The molecule has 0 fully saturated rings. The summed E-state index contributed by atoms with van der Waals surface area (Å²) in [5.41, 5.74) is 6.19. The lowest BCUT2D eigenvalue weighted by molar-refractivity contribution is 0.102. The van der Waals surface area contributed by atoms with Crippen LogP contribution in [0, 0.1) is 6.92 Å². The molecule has 28 heavy (non-hydrogen) atoms. The third-order valence-corrected chi connectivity index (χ3v) is 6.54. The number of carbonyl (C=O) groups excluding carboxylic acids is 1. The van der Waals surface area contributed by atoms with Crippen molar-refractivity contribution in [3.05, 3.63) is 81.1 Å². The molecule has 4 aromatic rings. The monoisotopic (exact) mass is 423 g/mol. The van der Waals surface area contributed by atoms with Crippen LogP contribution in [-0.4, -0.2) is 15.9 Å². The van der Waals surface area contributed by atoms with Gasteiger partial charge in [-0.25, -0.2) is 9.97 Å². The van der Waals surface area contributed by atoms with Crippen molar-refractivity contribution in [2.24, 2.45) is 0 Å². The van der Waals surface area contributed by atoms with Gasteiger partial charge in [0.2, 0.25) is 0 Å². The van der Waals surface area contributed by atoms with Gasteiger partial charge in [0.15, 0.2) is 0 Å². The number of aryl methyl sites for hydroxylation is 1. The molecule has 7 heteroatoms. The average Bonchev–Trinajstić information content (AvgIpc) is 3.38. The van der Waals surface area contributed by atoms with E-state index in [1.165, 1.54) is 0 Å². The van der Waals surface area contributed by atoms with E-state index in [-0.39, 0.29) is 5.91 Å². The van der Waals surface area contributed by atoms with Crippen molar-refractivity contribution in [3.8, 4) is 11.3 Å². The van der Waals surface area contributed by atoms with Gasteiger partial charge in [-0.15, -0.1) is 34.4 Å². The van der Waals surface area contributed by atoms with E-state index in [1.807, 2.05) is 71.7 Å². The van der Waals surface area contributed by atoms with E-state index in [4.69, 9.17) is 0 Å². The molecule has 1 N–H and O–H groups in total. The molecule has 2 aromatic carbocycles. The zero-order valence-electron chi connectivity index (χ0n) is 15.1. The second kappa shape index (κ2) is 8.68. The summed E-state index contributed by atoms with van der Waals surface area (Å²) in [4.78, 5) is 22.7. The van der Waals surface area contributed by atoms with Gasteiger partial charge in [-0.1, -0.05) is 24.3 Å². The molecule has 0 aliphatic rings. The van der Waals surface area contributed by atoms with Gasteiger partial charge in [0.25, 0.3) is 5.91 Å². The van der Waals surface area contributed by atoms with Crippen LogP contribution in [-0.2, 0) is 5.75 Å². The first-order chi connectivity index (χ1) is 13.7. The number of hydrogen-bond acceptors (Lipinski definition) is 6. The molecule has 0 atom stereocenters. The normalized spacial score (nSPS) is 10.8. The Morgan fingerprint density at radius 1 is 1.14 bits per heavy atom. The minimum atomic E-state index is -0.118. The molecule has 0 bridgehead atoms. The van der Waals surface area contributed by atoms with Crippen LogP contribution < -0.4 is 5.32 Å². The smallest absolute Gasteiger partial charge is 0.256 e. The molecule has 0 aliphatic heterocycles. The van der Waals surface area contributed by atoms with E-state index in [0.29, 0.717) is 5.56 Å². The van der Waals surface area contributed by atoms with Gasteiger partial charge >= 0.3 is 0 Å². The van der Waals surface area contributed by atoms with Crippen LogP contribution in [0.15, 0.2) is 69.7 Å². The molecule has 0 aliphatic carbocycles. The summed E-state index contributed by atoms with van der Waals surface area (Å²) in [5, 5.41) is 8.10. The number of amides is 1. The zero-order valence-corrected chi connectivity index (χ0v) is 17.5. The van der Waals surface area contributed by atoms with Crippen LogP contribution in [0.5, 0.6) is 0 Å². The first-order valence-corrected chi connectivity index (χ1v) is 11.4. The van der Waals surface area contributed by atoms with Gasteiger partial charge in [0.05, 0.1) is 27.5 Å². The largest absolute Gasteiger partial charge is 0.322 e. The number of nitrogens with one attached hydrogen (secondary N) is 1. The quantitative estimate of drug-likeness (QED) is 0.380. The lowest BCUT2D eigenvalue weighted by Gasteiger charge is -2.10. The second-order valence-corrected chi connectivity index (χ2v) is 8.85. The van der Waals surface area contributed by atoms with Gasteiger partial charge in [-0.2, -0.15) is 0 Å². The topological polar surface area (TPSA) is 54.9 Å². The fourth-order valence-electron chi connectivity index (χ4n) is 2.69. The first kappa shape index (κ1) is 18.9. The molecular formula is C21H17N3OS3. The fourth-order valence-corrected chi connectivity index (χ4v) is 4.93. The maximum absolute atomic E-state index is 12.9. The molecule has 0 saturated heterocycles. The maximum atomic E-state index is 12.9. The van der Waals surface area contributed by atoms with E-state index in [1.54, 1.807) is 34.4 Å². The van der Waals surface area contributed by atoms with E-state index < -0.39 is 0 Å². The number of thiazole rings is 2. The highest BCUT2D eigenvalue weighted by Gasteiger charge is 2.13. The Morgan fingerprint density at radius 3 is 2.82 bits per heavy atom. The SMILES string of the molecule is Cc1nc(-c2cccc(NC(=O)c3ccccc3SCc3cscn3)c2)cs1. The van der Waals surface area contributed by atoms with Crippen molar-refractivity contribution in [1.29, 1.82) is 0 Å². The van der Waals surface area contributed by atoms with Crippen LogP contribution in [0.1, 0.15) is 21.1 Å². The van der Waals surface area contributed by atoms with Gasteiger partial charge in [-0.05, 0) is 31.2 Å². The Kier molecular flexibility index (Phi) is 5.85. The Morgan fingerprint density at radius 2 is 2.04 bits per heavy atom. The van der Waals surface area contributed by atoms with Crippen molar-refractivity contribution >= 4 is 46.0 Å². The predicted octanol–water partition coefficient (Wildman–Crippen LogP) is 6.12. The van der Waals surface area contributed by atoms with E-state index in [0.717, 1.165) is 38.3 Å². The number of nitrogens with zero attached hydrogens (tertiary/aromatic N) is 2. The van der Waals surface area contributed by atoms with Gasteiger partial charge in [0.1, 0.15) is 0 Å². The van der Waals surface area contributed by atoms with E-state index in [2.05, 4.69) is 15.3 Å². The van der Waals surface area contributed by atoms with E-state index >= 15 is 0 Å². The number of anilines is 1. The number of hydrogen-bond donors (Lipinski definition) is 1. The van der Waals surface area contributed by atoms with E-state index in [9.17, 15) is 4.79 Å². The summed E-state index contributed by atoms with van der Waals surface area (Å²) in [6.07, 6.45) is 0.